The second-order valence-corrected chi connectivity index (χ2v) is 5.53. The van der Waals surface area contributed by atoms with Gasteiger partial charge in [0.2, 0.25) is 5.88 Å². The van der Waals surface area contributed by atoms with Crippen LogP contribution in [0.4, 0.5) is 0 Å². The zero-order chi connectivity index (χ0) is 11.6. The Morgan fingerprint density at radius 3 is 2.75 bits per heavy atom. The third-order valence-electron chi connectivity index (χ3n) is 1.88. The van der Waals surface area contributed by atoms with Gasteiger partial charge in [-0.15, -0.1) is 0 Å². The molecule has 1 heterocycles. The van der Waals surface area contributed by atoms with Crippen molar-refractivity contribution in [2.75, 3.05) is 0 Å². The van der Waals surface area contributed by atoms with Crippen molar-refractivity contribution in [1.82, 2.24) is 4.98 Å². The molecular weight excluding hydrogens is 320 g/mol. The molecule has 0 aliphatic rings. The molecule has 1 N–H and O–H groups in total. The smallest absolute Gasteiger partial charge is 0.386 e. The van der Waals surface area contributed by atoms with E-state index in [0.717, 1.165) is 10.9 Å². The minimum Gasteiger partial charge on any atom is -0.386 e. The van der Waals surface area contributed by atoms with E-state index in [4.69, 9.17) is 16.4 Å². The lowest BCUT2D eigenvalue weighted by atomic mass is 10.3. The number of nitrogens with one attached hydrogen (secondary N) is 1. The highest BCUT2D eigenvalue weighted by Crippen LogP contribution is 2.52. The number of phosphoric acid groups is 1. The topological polar surface area (TPSA) is 60.6 Å². The number of hydrogen-bond donors (Lipinski definition) is 1. The van der Waals surface area contributed by atoms with E-state index >= 15 is 0 Å². The Bertz CT molecular complexity index is 505. The number of rotatable bonds is 4. The van der Waals surface area contributed by atoms with E-state index in [0.29, 0.717) is 0 Å². The van der Waals surface area contributed by atoms with Crippen LogP contribution < -0.4 is 4.52 Å². The molecule has 2 aromatic rings. The number of fused-ring (bicyclic) bond motifs is 1. The molecular formula is C8H6BrClNO4P. The van der Waals surface area contributed by atoms with Crippen LogP contribution in [0.2, 0.25) is 0 Å². The van der Waals surface area contributed by atoms with Gasteiger partial charge in [0.1, 0.15) is 16.3 Å². The molecule has 0 amide bonds. The SMILES string of the molecule is O=P(OCl)(OBr)Oc1cc2ccccc2[nH]1. The molecule has 16 heavy (non-hydrogen) atoms. The van der Waals surface area contributed by atoms with E-state index in [1.807, 2.05) is 24.3 Å². The van der Waals surface area contributed by atoms with Gasteiger partial charge in [0.15, 0.2) is 0 Å². The minimum atomic E-state index is -3.81. The minimum absolute atomic E-state index is 0.240. The van der Waals surface area contributed by atoms with Crippen LogP contribution in [-0.4, -0.2) is 4.98 Å². The molecule has 0 spiro atoms. The average Bonchev–Trinajstić information content (AvgIpc) is 2.70. The molecule has 1 aromatic heterocycles. The van der Waals surface area contributed by atoms with Crippen LogP contribution in [0.1, 0.15) is 0 Å². The maximum atomic E-state index is 11.5. The molecule has 0 fully saturated rings. The van der Waals surface area contributed by atoms with Crippen molar-refractivity contribution in [2.45, 2.75) is 0 Å². The summed E-state index contributed by atoms with van der Waals surface area (Å²) in [5.74, 6) is 0.240. The van der Waals surface area contributed by atoms with E-state index in [1.165, 1.54) is 0 Å². The Hall–Kier alpha value is -0.520. The highest BCUT2D eigenvalue weighted by atomic mass is 79.9. The number of H-pyrrole nitrogens is 1. The molecule has 0 aliphatic carbocycles. The van der Waals surface area contributed by atoms with Crippen LogP contribution in [0.25, 0.3) is 10.9 Å². The summed E-state index contributed by atoms with van der Waals surface area (Å²) in [5.41, 5.74) is 0.841. The average molecular weight is 326 g/mol. The highest BCUT2D eigenvalue weighted by molar-refractivity contribution is 9.06. The van der Waals surface area contributed by atoms with Crippen LogP contribution in [0.3, 0.4) is 0 Å². The fourth-order valence-electron chi connectivity index (χ4n) is 1.26. The summed E-state index contributed by atoms with van der Waals surface area (Å²) in [6, 6.07) is 9.12. The van der Waals surface area contributed by atoms with Gasteiger partial charge in [-0.1, -0.05) is 18.2 Å². The number of hydrogen-bond acceptors (Lipinski definition) is 4. The van der Waals surface area contributed by atoms with Crippen molar-refractivity contribution in [3.63, 3.8) is 0 Å². The van der Waals surface area contributed by atoms with Gasteiger partial charge in [-0.3, -0.25) is 0 Å². The highest BCUT2D eigenvalue weighted by Gasteiger charge is 2.29. The quantitative estimate of drug-likeness (QED) is 0.857. The first-order valence-electron chi connectivity index (χ1n) is 4.15. The van der Waals surface area contributed by atoms with Gasteiger partial charge < -0.3 is 9.51 Å². The normalized spacial score (nSPS) is 14.9. The molecule has 0 saturated heterocycles. The van der Waals surface area contributed by atoms with Crippen LogP contribution >= 0.6 is 35.9 Å². The van der Waals surface area contributed by atoms with Gasteiger partial charge in [0, 0.05) is 17.0 Å². The Balaban J connectivity index is 2.31. The molecule has 0 radical (unpaired) electrons. The van der Waals surface area contributed by atoms with E-state index in [-0.39, 0.29) is 5.88 Å². The van der Waals surface area contributed by atoms with Crippen molar-refractivity contribution < 1.29 is 16.8 Å². The van der Waals surface area contributed by atoms with Gasteiger partial charge in [-0.25, -0.2) is 4.57 Å². The summed E-state index contributed by atoms with van der Waals surface area (Å²) in [7, 11) is -3.81. The zero-order valence-electron chi connectivity index (χ0n) is 7.72. The predicted molar refractivity (Wildman–Crippen MR) is 63.5 cm³/mol. The second-order valence-electron chi connectivity index (χ2n) is 2.90. The molecule has 86 valence electrons. The van der Waals surface area contributed by atoms with Crippen molar-refractivity contribution >= 4 is 46.9 Å². The molecule has 0 bridgehead atoms. The van der Waals surface area contributed by atoms with E-state index < -0.39 is 7.82 Å². The van der Waals surface area contributed by atoms with Crippen molar-refractivity contribution in [2.24, 2.45) is 0 Å². The Kier molecular flexibility index (Phi) is 3.56. The first kappa shape index (κ1) is 12.0. The molecule has 5 nitrogen and oxygen atoms in total. The number of benzene rings is 1. The third kappa shape index (κ3) is 2.42. The Morgan fingerprint density at radius 2 is 2.12 bits per heavy atom. The van der Waals surface area contributed by atoms with Gasteiger partial charge in [0.05, 0.1) is 11.9 Å². The zero-order valence-corrected chi connectivity index (χ0v) is 11.0. The maximum Gasteiger partial charge on any atom is 0.559 e. The van der Waals surface area contributed by atoms with Gasteiger partial charge in [-0.2, -0.15) is 7.69 Å². The Labute approximate surface area is 105 Å². The molecule has 1 atom stereocenters. The van der Waals surface area contributed by atoms with Gasteiger partial charge in [0.25, 0.3) is 0 Å². The first-order valence-corrected chi connectivity index (χ1v) is 6.56. The lowest BCUT2D eigenvalue weighted by Crippen LogP contribution is -1.92. The molecule has 0 saturated carbocycles. The van der Waals surface area contributed by atoms with Crippen LogP contribution in [0.5, 0.6) is 5.88 Å². The number of para-hydroxylation sites is 1. The summed E-state index contributed by atoms with van der Waals surface area (Å²) >= 11 is 7.52. The predicted octanol–water partition coefficient (Wildman–Crippen LogP) is 4.15. The van der Waals surface area contributed by atoms with Gasteiger partial charge in [-0.05, 0) is 6.07 Å². The van der Waals surface area contributed by atoms with Gasteiger partial charge >= 0.3 is 7.82 Å². The summed E-state index contributed by atoms with van der Waals surface area (Å²) in [5, 5.41) is 0.910. The van der Waals surface area contributed by atoms with E-state index in [1.54, 1.807) is 6.07 Å². The first-order chi connectivity index (χ1) is 7.67. The lowest BCUT2D eigenvalue weighted by molar-refractivity contribution is 0.326. The second kappa shape index (κ2) is 4.77. The van der Waals surface area contributed by atoms with Crippen molar-refractivity contribution in [3.05, 3.63) is 30.3 Å². The lowest BCUT2D eigenvalue weighted by Gasteiger charge is -2.08. The fraction of sp³-hybridized carbons (Fsp3) is 0. The maximum absolute atomic E-state index is 11.5. The number of halogens is 2. The largest absolute Gasteiger partial charge is 0.559 e. The number of aromatic amines is 1. The fourth-order valence-corrected chi connectivity index (χ4v) is 2.40. The molecule has 0 aliphatic heterocycles. The number of aromatic nitrogens is 1. The summed E-state index contributed by atoms with van der Waals surface area (Å²) in [4.78, 5) is 2.89. The van der Waals surface area contributed by atoms with Crippen LogP contribution in [0, 0.1) is 0 Å². The summed E-state index contributed by atoms with van der Waals surface area (Å²) in [6.07, 6.45) is 0. The third-order valence-corrected chi connectivity index (χ3v) is 4.21. The van der Waals surface area contributed by atoms with Crippen molar-refractivity contribution in [1.29, 1.82) is 0 Å². The Morgan fingerprint density at radius 1 is 1.38 bits per heavy atom. The van der Waals surface area contributed by atoms with Crippen LogP contribution in [0.15, 0.2) is 30.3 Å². The van der Waals surface area contributed by atoms with Crippen molar-refractivity contribution in [3.8, 4) is 5.88 Å². The molecule has 1 unspecified atom stereocenters. The standard InChI is InChI=1S/C8H6BrClNO4P/c9-14-16(12,15-10)13-8-5-6-3-1-2-4-7(6)11-8/h1-5,11H. The van der Waals surface area contributed by atoms with Crippen LogP contribution in [-0.2, 0) is 12.3 Å². The van der Waals surface area contributed by atoms with E-state index in [2.05, 4.69) is 28.9 Å². The van der Waals surface area contributed by atoms with E-state index in [9.17, 15) is 4.57 Å². The molecule has 2 rings (SSSR count). The monoisotopic (exact) mass is 325 g/mol. The summed E-state index contributed by atoms with van der Waals surface area (Å²) < 4.78 is 25.0. The molecule has 8 heteroatoms. The summed E-state index contributed by atoms with van der Waals surface area (Å²) in [6.45, 7) is 0. The molecule has 1 aromatic carbocycles.